The lowest BCUT2D eigenvalue weighted by Gasteiger charge is -2.12. The Labute approximate surface area is 121 Å². The molecular weight excluding hydrogens is 246 g/mol. The molecule has 0 saturated heterocycles. The third kappa shape index (κ3) is 3.70. The minimum Gasteiger partial charge on any atom is -0.313 e. The van der Waals surface area contributed by atoms with Gasteiger partial charge in [-0.05, 0) is 69.3 Å². The number of aromatic nitrogens is 2. The predicted molar refractivity (Wildman–Crippen MR) is 84.0 cm³/mol. The zero-order valence-corrected chi connectivity index (χ0v) is 13.0. The van der Waals surface area contributed by atoms with Crippen LogP contribution < -0.4 is 5.32 Å². The summed E-state index contributed by atoms with van der Waals surface area (Å²) in [5.74, 6) is 0. The van der Waals surface area contributed by atoms with Crippen LogP contribution in [0.3, 0.4) is 0 Å². The standard InChI is InChI=1S/C17H25N3/c1-12-8-13(2)17(14(3)9-12)11-18-7-5-6-16-10-19-20-15(16)4/h8-10,18H,5-7,11H2,1-4H3,(H,19,20). The van der Waals surface area contributed by atoms with E-state index in [0.717, 1.165) is 25.9 Å². The molecule has 0 fully saturated rings. The third-order valence-electron chi connectivity index (χ3n) is 3.88. The molecular formula is C17H25N3. The number of aryl methyl sites for hydroxylation is 5. The smallest absolute Gasteiger partial charge is 0.0522 e. The Balaban J connectivity index is 1.78. The molecule has 0 unspecified atom stereocenters. The van der Waals surface area contributed by atoms with E-state index in [9.17, 15) is 0 Å². The van der Waals surface area contributed by atoms with E-state index in [4.69, 9.17) is 0 Å². The van der Waals surface area contributed by atoms with Crippen molar-refractivity contribution in [2.75, 3.05) is 6.54 Å². The van der Waals surface area contributed by atoms with Gasteiger partial charge in [0, 0.05) is 12.2 Å². The molecule has 1 heterocycles. The number of nitrogens with one attached hydrogen (secondary N) is 2. The van der Waals surface area contributed by atoms with Crippen molar-refractivity contribution >= 4 is 0 Å². The fraction of sp³-hybridized carbons (Fsp3) is 0.471. The Morgan fingerprint density at radius 1 is 1.10 bits per heavy atom. The molecule has 2 aromatic rings. The van der Waals surface area contributed by atoms with E-state index in [1.165, 1.54) is 33.5 Å². The largest absolute Gasteiger partial charge is 0.313 e. The van der Waals surface area contributed by atoms with E-state index < -0.39 is 0 Å². The first-order chi connectivity index (χ1) is 9.58. The lowest BCUT2D eigenvalue weighted by Crippen LogP contribution is -2.17. The molecule has 0 amide bonds. The van der Waals surface area contributed by atoms with Crippen LogP contribution in [-0.4, -0.2) is 16.7 Å². The van der Waals surface area contributed by atoms with Crippen LogP contribution in [0.25, 0.3) is 0 Å². The fourth-order valence-corrected chi connectivity index (χ4v) is 2.73. The Morgan fingerprint density at radius 3 is 2.40 bits per heavy atom. The van der Waals surface area contributed by atoms with Gasteiger partial charge in [-0.3, -0.25) is 5.10 Å². The summed E-state index contributed by atoms with van der Waals surface area (Å²) in [6.45, 7) is 10.6. The number of aromatic amines is 1. The lowest BCUT2D eigenvalue weighted by atomic mass is 10.00. The summed E-state index contributed by atoms with van der Waals surface area (Å²) in [6, 6.07) is 4.53. The van der Waals surface area contributed by atoms with Crippen LogP contribution in [0.15, 0.2) is 18.3 Å². The van der Waals surface area contributed by atoms with Gasteiger partial charge in [0.25, 0.3) is 0 Å². The van der Waals surface area contributed by atoms with Gasteiger partial charge in [-0.1, -0.05) is 17.7 Å². The molecule has 0 aliphatic carbocycles. The lowest BCUT2D eigenvalue weighted by molar-refractivity contribution is 0.645. The second-order valence-electron chi connectivity index (χ2n) is 5.68. The quantitative estimate of drug-likeness (QED) is 0.791. The summed E-state index contributed by atoms with van der Waals surface area (Å²) in [5, 5.41) is 10.6. The van der Waals surface area contributed by atoms with Gasteiger partial charge < -0.3 is 5.32 Å². The third-order valence-corrected chi connectivity index (χ3v) is 3.88. The maximum atomic E-state index is 4.05. The fourth-order valence-electron chi connectivity index (χ4n) is 2.73. The Kier molecular flexibility index (Phi) is 4.96. The predicted octanol–water partition coefficient (Wildman–Crippen LogP) is 3.37. The molecule has 1 aromatic heterocycles. The van der Waals surface area contributed by atoms with E-state index in [-0.39, 0.29) is 0 Å². The van der Waals surface area contributed by atoms with Crippen LogP contribution in [-0.2, 0) is 13.0 Å². The number of H-pyrrole nitrogens is 1. The first-order valence-electron chi connectivity index (χ1n) is 7.34. The molecule has 0 aliphatic rings. The summed E-state index contributed by atoms with van der Waals surface area (Å²) in [4.78, 5) is 0. The summed E-state index contributed by atoms with van der Waals surface area (Å²) < 4.78 is 0. The van der Waals surface area contributed by atoms with Crippen LogP contribution >= 0.6 is 0 Å². The van der Waals surface area contributed by atoms with Crippen LogP contribution in [0.4, 0.5) is 0 Å². The number of rotatable bonds is 6. The van der Waals surface area contributed by atoms with Crippen molar-refractivity contribution in [1.29, 1.82) is 0 Å². The highest BCUT2D eigenvalue weighted by Gasteiger charge is 2.04. The van der Waals surface area contributed by atoms with Crippen molar-refractivity contribution in [2.45, 2.75) is 47.1 Å². The number of hydrogen-bond donors (Lipinski definition) is 2. The second-order valence-corrected chi connectivity index (χ2v) is 5.68. The van der Waals surface area contributed by atoms with Crippen molar-refractivity contribution in [3.8, 4) is 0 Å². The molecule has 0 spiro atoms. The van der Waals surface area contributed by atoms with Crippen molar-refractivity contribution in [2.24, 2.45) is 0 Å². The molecule has 2 N–H and O–H groups in total. The van der Waals surface area contributed by atoms with E-state index in [1.54, 1.807) is 0 Å². The molecule has 20 heavy (non-hydrogen) atoms. The van der Waals surface area contributed by atoms with Gasteiger partial charge >= 0.3 is 0 Å². The molecule has 0 bridgehead atoms. The monoisotopic (exact) mass is 271 g/mol. The molecule has 0 saturated carbocycles. The summed E-state index contributed by atoms with van der Waals surface area (Å²) in [6.07, 6.45) is 4.16. The molecule has 108 valence electrons. The van der Waals surface area contributed by atoms with Gasteiger partial charge in [-0.15, -0.1) is 0 Å². The molecule has 2 rings (SSSR count). The normalized spacial score (nSPS) is 11.0. The number of hydrogen-bond acceptors (Lipinski definition) is 2. The molecule has 3 heteroatoms. The topological polar surface area (TPSA) is 40.7 Å². The minimum atomic E-state index is 0.961. The van der Waals surface area contributed by atoms with Gasteiger partial charge in [0.1, 0.15) is 0 Å². The summed E-state index contributed by atoms with van der Waals surface area (Å²) >= 11 is 0. The van der Waals surface area contributed by atoms with Crippen molar-refractivity contribution in [1.82, 2.24) is 15.5 Å². The van der Waals surface area contributed by atoms with Gasteiger partial charge in [0.2, 0.25) is 0 Å². The van der Waals surface area contributed by atoms with Gasteiger partial charge in [0.05, 0.1) is 6.20 Å². The van der Waals surface area contributed by atoms with Crippen LogP contribution in [0.2, 0.25) is 0 Å². The summed E-state index contributed by atoms with van der Waals surface area (Å²) in [5.41, 5.74) is 8.08. The van der Waals surface area contributed by atoms with Crippen molar-refractivity contribution < 1.29 is 0 Å². The van der Waals surface area contributed by atoms with E-state index in [0.29, 0.717) is 0 Å². The zero-order valence-electron chi connectivity index (χ0n) is 13.0. The van der Waals surface area contributed by atoms with Crippen molar-refractivity contribution in [3.63, 3.8) is 0 Å². The molecule has 0 atom stereocenters. The molecule has 0 aliphatic heterocycles. The van der Waals surface area contributed by atoms with Crippen LogP contribution in [0.5, 0.6) is 0 Å². The Bertz CT molecular complexity index is 546. The number of nitrogens with zero attached hydrogens (tertiary/aromatic N) is 1. The zero-order chi connectivity index (χ0) is 14.5. The average molecular weight is 271 g/mol. The maximum Gasteiger partial charge on any atom is 0.0522 e. The molecule has 1 aromatic carbocycles. The van der Waals surface area contributed by atoms with Gasteiger partial charge in [-0.2, -0.15) is 5.10 Å². The highest BCUT2D eigenvalue weighted by atomic mass is 15.1. The van der Waals surface area contributed by atoms with E-state index >= 15 is 0 Å². The molecule has 0 radical (unpaired) electrons. The van der Waals surface area contributed by atoms with Crippen LogP contribution in [0.1, 0.15) is 39.9 Å². The van der Waals surface area contributed by atoms with Crippen molar-refractivity contribution in [3.05, 3.63) is 51.8 Å². The highest BCUT2D eigenvalue weighted by Crippen LogP contribution is 2.16. The Hall–Kier alpha value is -1.61. The SMILES string of the molecule is Cc1cc(C)c(CNCCCc2cn[nH]c2C)c(C)c1. The first-order valence-corrected chi connectivity index (χ1v) is 7.34. The van der Waals surface area contributed by atoms with E-state index in [2.05, 4.69) is 55.3 Å². The Morgan fingerprint density at radius 2 is 1.80 bits per heavy atom. The van der Waals surface area contributed by atoms with Gasteiger partial charge in [0.15, 0.2) is 0 Å². The molecule has 3 nitrogen and oxygen atoms in total. The van der Waals surface area contributed by atoms with Gasteiger partial charge in [-0.25, -0.2) is 0 Å². The number of benzene rings is 1. The highest BCUT2D eigenvalue weighted by molar-refractivity contribution is 5.37. The van der Waals surface area contributed by atoms with E-state index in [1.807, 2.05) is 6.20 Å². The minimum absolute atomic E-state index is 0.961. The first kappa shape index (κ1) is 14.8. The van der Waals surface area contributed by atoms with Crippen LogP contribution in [0, 0.1) is 27.7 Å². The maximum absolute atomic E-state index is 4.05. The second kappa shape index (κ2) is 6.71. The summed E-state index contributed by atoms with van der Waals surface area (Å²) in [7, 11) is 0. The average Bonchev–Trinajstić information content (AvgIpc) is 2.77.